The van der Waals surface area contributed by atoms with Crippen LogP contribution in [0.25, 0.3) is 0 Å². The van der Waals surface area contributed by atoms with Gasteiger partial charge in [-0.05, 0) is 44.0 Å². The van der Waals surface area contributed by atoms with Crippen molar-refractivity contribution in [1.82, 2.24) is 19.2 Å². The normalized spacial score (nSPS) is 18.4. The molecule has 5 heteroatoms. The molecule has 3 rings (SSSR count). The van der Waals surface area contributed by atoms with Crippen LogP contribution < -0.4 is 0 Å². The summed E-state index contributed by atoms with van der Waals surface area (Å²) < 4.78 is 4.77. The molecule has 1 unspecified atom stereocenters. The molecule has 0 bridgehead atoms. The van der Waals surface area contributed by atoms with Gasteiger partial charge < -0.3 is 4.57 Å². The molecular formula is C18H24N4S. The molecule has 0 saturated carbocycles. The Bertz CT molecular complexity index is 716. The minimum Gasteiger partial charge on any atom is -0.300 e. The summed E-state index contributed by atoms with van der Waals surface area (Å²) in [4.78, 5) is 2.51. The van der Waals surface area contributed by atoms with Crippen LogP contribution in [0.4, 0.5) is 0 Å². The van der Waals surface area contributed by atoms with E-state index in [-0.39, 0.29) is 0 Å². The van der Waals surface area contributed by atoms with Crippen LogP contribution >= 0.6 is 12.2 Å². The molecule has 1 aromatic carbocycles. The SMILES string of the molecule is C=CCn1c(C)nn(CN2CCCC2Cc2ccccc2)c1=S. The van der Waals surface area contributed by atoms with Gasteiger partial charge in [-0.1, -0.05) is 36.4 Å². The predicted molar refractivity (Wildman–Crippen MR) is 95.9 cm³/mol. The molecule has 2 aromatic rings. The minimum absolute atomic E-state index is 0.573. The molecule has 0 amide bonds. The minimum atomic E-state index is 0.573. The number of hydrogen-bond acceptors (Lipinski definition) is 3. The Morgan fingerprint density at radius 1 is 1.35 bits per heavy atom. The first-order valence-electron chi connectivity index (χ1n) is 8.22. The maximum absolute atomic E-state index is 5.57. The van der Waals surface area contributed by atoms with Crippen LogP contribution in [0.3, 0.4) is 0 Å². The molecule has 1 aromatic heterocycles. The molecule has 0 radical (unpaired) electrons. The van der Waals surface area contributed by atoms with Crippen LogP contribution in [-0.4, -0.2) is 31.8 Å². The molecule has 0 aliphatic carbocycles. The van der Waals surface area contributed by atoms with Crippen molar-refractivity contribution >= 4 is 12.2 Å². The summed E-state index contributed by atoms with van der Waals surface area (Å²) in [7, 11) is 0. The second-order valence-corrected chi connectivity index (χ2v) is 6.53. The molecule has 1 aliphatic rings. The molecule has 1 atom stereocenters. The Morgan fingerprint density at radius 2 is 2.13 bits per heavy atom. The highest BCUT2D eigenvalue weighted by Gasteiger charge is 2.25. The fourth-order valence-electron chi connectivity index (χ4n) is 3.35. The summed E-state index contributed by atoms with van der Waals surface area (Å²) in [6.07, 6.45) is 5.45. The average Bonchev–Trinajstić information content (AvgIpc) is 3.09. The van der Waals surface area contributed by atoms with Crippen LogP contribution in [0.5, 0.6) is 0 Å². The predicted octanol–water partition coefficient (Wildman–Crippen LogP) is 3.57. The summed E-state index contributed by atoms with van der Waals surface area (Å²) >= 11 is 5.57. The summed E-state index contributed by atoms with van der Waals surface area (Å²) in [5.74, 6) is 0.953. The number of allylic oxidation sites excluding steroid dienone is 1. The number of benzene rings is 1. The highest BCUT2D eigenvalue weighted by atomic mass is 32.1. The van der Waals surface area contributed by atoms with Crippen molar-refractivity contribution in [3.63, 3.8) is 0 Å². The van der Waals surface area contributed by atoms with E-state index in [9.17, 15) is 0 Å². The van der Waals surface area contributed by atoms with E-state index in [4.69, 9.17) is 12.2 Å². The van der Waals surface area contributed by atoms with E-state index in [1.165, 1.54) is 18.4 Å². The Morgan fingerprint density at radius 3 is 2.87 bits per heavy atom. The lowest BCUT2D eigenvalue weighted by molar-refractivity contribution is 0.187. The van der Waals surface area contributed by atoms with Crippen molar-refractivity contribution in [3.8, 4) is 0 Å². The Kier molecular flexibility index (Phi) is 5.08. The molecular weight excluding hydrogens is 304 g/mol. The van der Waals surface area contributed by atoms with E-state index in [0.717, 1.165) is 36.8 Å². The van der Waals surface area contributed by atoms with Gasteiger partial charge >= 0.3 is 0 Å². The van der Waals surface area contributed by atoms with E-state index in [0.29, 0.717) is 6.04 Å². The highest BCUT2D eigenvalue weighted by Crippen LogP contribution is 2.22. The molecule has 1 aliphatic heterocycles. The summed E-state index contributed by atoms with van der Waals surface area (Å²) in [5, 5.41) is 4.62. The smallest absolute Gasteiger partial charge is 0.199 e. The number of hydrogen-bond donors (Lipinski definition) is 0. The van der Waals surface area contributed by atoms with Gasteiger partial charge in [0.1, 0.15) is 5.82 Å². The molecule has 122 valence electrons. The van der Waals surface area contributed by atoms with E-state index in [2.05, 4.69) is 46.9 Å². The number of nitrogens with zero attached hydrogens (tertiary/aromatic N) is 4. The maximum Gasteiger partial charge on any atom is 0.199 e. The molecule has 4 nitrogen and oxygen atoms in total. The van der Waals surface area contributed by atoms with E-state index in [1.807, 2.05) is 22.2 Å². The summed E-state index contributed by atoms with van der Waals surface area (Å²) in [6, 6.07) is 11.3. The fourth-order valence-corrected chi connectivity index (χ4v) is 3.66. The largest absolute Gasteiger partial charge is 0.300 e. The Balaban J connectivity index is 1.73. The van der Waals surface area contributed by atoms with Crippen LogP contribution in [0.15, 0.2) is 43.0 Å². The molecule has 2 heterocycles. The van der Waals surface area contributed by atoms with Gasteiger partial charge in [0.2, 0.25) is 0 Å². The first-order valence-corrected chi connectivity index (χ1v) is 8.63. The van der Waals surface area contributed by atoms with Crippen LogP contribution in [0.2, 0.25) is 0 Å². The zero-order chi connectivity index (χ0) is 16.2. The van der Waals surface area contributed by atoms with Crippen LogP contribution in [0.1, 0.15) is 24.2 Å². The second kappa shape index (κ2) is 7.23. The van der Waals surface area contributed by atoms with Crippen molar-refractivity contribution < 1.29 is 0 Å². The van der Waals surface area contributed by atoms with E-state index in [1.54, 1.807) is 0 Å². The van der Waals surface area contributed by atoms with Crippen molar-refractivity contribution in [2.75, 3.05) is 6.54 Å². The van der Waals surface area contributed by atoms with Gasteiger partial charge in [0.15, 0.2) is 4.77 Å². The van der Waals surface area contributed by atoms with Gasteiger partial charge in [-0.25, -0.2) is 4.68 Å². The lowest BCUT2D eigenvalue weighted by Gasteiger charge is -2.24. The molecule has 1 fully saturated rings. The van der Waals surface area contributed by atoms with Crippen molar-refractivity contribution in [1.29, 1.82) is 0 Å². The highest BCUT2D eigenvalue weighted by molar-refractivity contribution is 7.71. The number of aromatic nitrogens is 3. The quantitative estimate of drug-likeness (QED) is 0.599. The van der Waals surface area contributed by atoms with Gasteiger partial charge in [-0.3, -0.25) is 4.90 Å². The fraction of sp³-hybridized carbons (Fsp3) is 0.444. The van der Waals surface area contributed by atoms with Gasteiger partial charge in [0.05, 0.1) is 6.67 Å². The van der Waals surface area contributed by atoms with Gasteiger partial charge in [-0.2, -0.15) is 5.10 Å². The zero-order valence-corrected chi connectivity index (χ0v) is 14.5. The van der Waals surface area contributed by atoms with Crippen LogP contribution in [0, 0.1) is 11.7 Å². The van der Waals surface area contributed by atoms with Crippen molar-refractivity contribution in [3.05, 3.63) is 59.1 Å². The molecule has 0 N–H and O–H groups in total. The first kappa shape index (κ1) is 16.1. The topological polar surface area (TPSA) is 26.0 Å². The monoisotopic (exact) mass is 328 g/mol. The zero-order valence-electron chi connectivity index (χ0n) is 13.7. The van der Waals surface area contributed by atoms with Crippen LogP contribution in [-0.2, 0) is 19.6 Å². The Labute approximate surface area is 143 Å². The molecule has 0 spiro atoms. The van der Waals surface area contributed by atoms with Crippen molar-refractivity contribution in [2.24, 2.45) is 0 Å². The Hall–Kier alpha value is -1.72. The first-order chi connectivity index (χ1) is 11.2. The summed E-state index contributed by atoms with van der Waals surface area (Å²) in [5.41, 5.74) is 1.40. The third kappa shape index (κ3) is 3.62. The van der Waals surface area contributed by atoms with Crippen molar-refractivity contribution in [2.45, 2.75) is 45.4 Å². The van der Waals surface area contributed by atoms with Gasteiger partial charge in [0.25, 0.3) is 0 Å². The van der Waals surface area contributed by atoms with E-state index < -0.39 is 0 Å². The third-order valence-electron chi connectivity index (χ3n) is 4.55. The maximum atomic E-state index is 5.57. The van der Waals surface area contributed by atoms with E-state index >= 15 is 0 Å². The average molecular weight is 328 g/mol. The lowest BCUT2D eigenvalue weighted by atomic mass is 10.0. The number of rotatable bonds is 6. The number of aryl methyl sites for hydroxylation is 1. The second-order valence-electron chi connectivity index (χ2n) is 6.17. The number of likely N-dealkylation sites (tertiary alicyclic amines) is 1. The third-order valence-corrected chi connectivity index (χ3v) is 4.98. The lowest BCUT2D eigenvalue weighted by Crippen LogP contribution is -2.33. The molecule has 1 saturated heterocycles. The standard InChI is InChI=1S/C18H24N4S/c1-3-11-21-15(2)19-22(18(21)23)14-20-12-7-10-17(20)13-16-8-5-4-6-9-16/h3-6,8-9,17H,1,7,10-14H2,2H3. The molecule has 23 heavy (non-hydrogen) atoms. The van der Waals surface area contributed by atoms with Gasteiger partial charge in [0, 0.05) is 19.1 Å². The van der Waals surface area contributed by atoms with Gasteiger partial charge in [-0.15, -0.1) is 6.58 Å². The summed E-state index contributed by atoms with van der Waals surface area (Å²) in [6.45, 7) is 8.41.